The van der Waals surface area contributed by atoms with Gasteiger partial charge in [0.05, 0.1) is 23.4 Å². The van der Waals surface area contributed by atoms with Gasteiger partial charge >= 0.3 is 0 Å². The van der Waals surface area contributed by atoms with E-state index in [2.05, 4.69) is 15.4 Å². The SMILES string of the molecule is Cc1nn(C)c(C)c1[C@@H](C)NC(=O)c1cncs1. The van der Waals surface area contributed by atoms with Crippen LogP contribution < -0.4 is 5.32 Å². The lowest BCUT2D eigenvalue weighted by molar-refractivity contribution is 0.0943. The summed E-state index contributed by atoms with van der Waals surface area (Å²) in [6, 6.07) is -0.0618. The molecule has 2 aromatic heterocycles. The second-order valence-electron chi connectivity index (χ2n) is 4.27. The van der Waals surface area contributed by atoms with E-state index in [1.165, 1.54) is 11.3 Å². The topological polar surface area (TPSA) is 59.8 Å². The van der Waals surface area contributed by atoms with Gasteiger partial charge in [0.15, 0.2) is 0 Å². The van der Waals surface area contributed by atoms with Gasteiger partial charge in [-0.3, -0.25) is 14.5 Å². The van der Waals surface area contributed by atoms with Crippen LogP contribution in [0.15, 0.2) is 11.7 Å². The third-order valence-electron chi connectivity index (χ3n) is 3.00. The van der Waals surface area contributed by atoms with Crippen LogP contribution in [-0.4, -0.2) is 20.7 Å². The normalized spacial score (nSPS) is 12.4. The van der Waals surface area contributed by atoms with E-state index in [4.69, 9.17) is 0 Å². The highest BCUT2D eigenvalue weighted by Gasteiger charge is 2.19. The number of carbonyl (C=O) groups excluding carboxylic acids is 1. The van der Waals surface area contributed by atoms with Gasteiger partial charge < -0.3 is 5.32 Å². The Labute approximate surface area is 110 Å². The molecule has 0 saturated heterocycles. The molecule has 2 rings (SSSR count). The molecule has 6 heteroatoms. The fourth-order valence-electron chi connectivity index (χ4n) is 2.08. The van der Waals surface area contributed by atoms with Crippen LogP contribution in [0.1, 0.15) is 39.6 Å². The standard InChI is InChI=1S/C12H16N4OS/c1-7(11-8(2)15-16(4)9(11)3)14-12(17)10-5-13-6-18-10/h5-7H,1-4H3,(H,14,17)/t7-/m1/s1. The lowest BCUT2D eigenvalue weighted by atomic mass is 10.1. The Balaban J connectivity index is 2.17. The summed E-state index contributed by atoms with van der Waals surface area (Å²) in [5.41, 5.74) is 4.76. The van der Waals surface area contributed by atoms with E-state index >= 15 is 0 Å². The highest BCUT2D eigenvalue weighted by atomic mass is 32.1. The van der Waals surface area contributed by atoms with Crippen LogP contribution in [0.4, 0.5) is 0 Å². The van der Waals surface area contributed by atoms with E-state index in [0.717, 1.165) is 17.0 Å². The number of nitrogens with zero attached hydrogens (tertiary/aromatic N) is 3. The molecule has 1 N–H and O–H groups in total. The summed E-state index contributed by atoms with van der Waals surface area (Å²) in [5, 5.41) is 7.33. The molecule has 0 fully saturated rings. The summed E-state index contributed by atoms with van der Waals surface area (Å²) < 4.78 is 1.83. The summed E-state index contributed by atoms with van der Waals surface area (Å²) in [7, 11) is 1.91. The highest BCUT2D eigenvalue weighted by molar-refractivity contribution is 7.11. The summed E-state index contributed by atoms with van der Waals surface area (Å²) in [4.78, 5) is 16.5. The molecule has 0 spiro atoms. The fraction of sp³-hybridized carbons (Fsp3) is 0.417. The van der Waals surface area contributed by atoms with Crippen LogP contribution in [0, 0.1) is 13.8 Å². The minimum Gasteiger partial charge on any atom is -0.345 e. The van der Waals surface area contributed by atoms with Gasteiger partial charge in [0, 0.05) is 18.3 Å². The van der Waals surface area contributed by atoms with Crippen molar-refractivity contribution in [1.82, 2.24) is 20.1 Å². The number of hydrogen-bond acceptors (Lipinski definition) is 4. The van der Waals surface area contributed by atoms with Crippen LogP contribution in [0.5, 0.6) is 0 Å². The minimum absolute atomic E-state index is 0.0618. The summed E-state index contributed by atoms with van der Waals surface area (Å²) in [6.45, 7) is 5.93. The molecule has 1 amide bonds. The van der Waals surface area contributed by atoms with Crippen molar-refractivity contribution in [3.63, 3.8) is 0 Å². The maximum atomic E-state index is 12.0. The van der Waals surface area contributed by atoms with Gasteiger partial charge in [-0.2, -0.15) is 5.10 Å². The predicted octanol–water partition coefficient (Wildman–Crippen LogP) is 1.98. The third-order valence-corrected chi connectivity index (χ3v) is 3.77. The molecule has 2 aromatic rings. The number of rotatable bonds is 3. The molecule has 0 unspecified atom stereocenters. The Morgan fingerprint density at radius 3 is 2.72 bits per heavy atom. The first-order valence-electron chi connectivity index (χ1n) is 5.70. The first-order chi connectivity index (χ1) is 8.50. The number of thiazole rings is 1. The quantitative estimate of drug-likeness (QED) is 0.922. The van der Waals surface area contributed by atoms with Gasteiger partial charge in [-0.05, 0) is 20.8 Å². The molecular formula is C12H16N4OS. The summed E-state index contributed by atoms with van der Waals surface area (Å²) >= 11 is 1.34. The minimum atomic E-state index is -0.0901. The summed E-state index contributed by atoms with van der Waals surface area (Å²) in [6.07, 6.45) is 1.58. The van der Waals surface area contributed by atoms with Crippen molar-refractivity contribution in [2.45, 2.75) is 26.8 Å². The average Bonchev–Trinajstić information content (AvgIpc) is 2.88. The van der Waals surface area contributed by atoms with Crippen molar-refractivity contribution >= 4 is 17.2 Å². The fourth-order valence-corrected chi connectivity index (χ4v) is 2.61. The zero-order valence-corrected chi connectivity index (χ0v) is 11.7. The number of hydrogen-bond donors (Lipinski definition) is 1. The van der Waals surface area contributed by atoms with Crippen LogP contribution in [0.25, 0.3) is 0 Å². The van der Waals surface area contributed by atoms with Gasteiger partial charge in [-0.1, -0.05) is 0 Å². The number of nitrogens with one attached hydrogen (secondary N) is 1. The molecule has 0 bridgehead atoms. The molecule has 0 aromatic carbocycles. The Morgan fingerprint density at radius 2 is 2.22 bits per heavy atom. The maximum absolute atomic E-state index is 12.0. The van der Waals surface area contributed by atoms with Crippen LogP contribution in [0.3, 0.4) is 0 Å². The smallest absolute Gasteiger partial charge is 0.263 e. The molecule has 2 heterocycles. The molecular weight excluding hydrogens is 248 g/mol. The first kappa shape index (κ1) is 12.8. The zero-order valence-electron chi connectivity index (χ0n) is 10.9. The van der Waals surface area contributed by atoms with Crippen LogP contribution in [0.2, 0.25) is 0 Å². The zero-order chi connectivity index (χ0) is 13.3. The second-order valence-corrected chi connectivity index (χ2v) is 5.16. The van der Waals surface area contributed by atoms with E-state index in [9.17, 15) is 4.79 Å². The largest absolute Gasteiger partial charge is 0.345 e. The van der Waals surface area contributed by atoms with Crippen molar-refractivity contribution in [1.29, 1.82) is 0 Å². The highest BCUT2D eigenvalue weighted by Crippen LogP contribution is 2.21. The second kappa shape index (κ2) is 4.89. The van der Waals surface area contributed by atoms with Crippen LogP contribution in [-0.2, 0) is 7.05 Å². The Bertz CT molecular complexity index is 559. The molecule has 0 radical (unpaired) electrons. The van der Waals surface area contributed by atoms with E-state index in [-0.39, 0.29) is 11.9 Å². The Hall–Kier alpha value is -1.69. The third kappa shape index (κ3) is 2.28. The van der Waals surface area contributed by atoms with Gasteiger partial charge in [0.25, 0.3) is 5.91 Å². The number of aryl methyl sites for hydroxylation is 2. The van der Waals surface area contributed by atoms with E-state index in [1.807, 2.05) is 32.5 Å². The van der Waals surface area contributed by atoms with Crippen molar-refractivity contribution in [2.75, 3.05) is 0 Å². The Kier molecular flexibility index (Phi) is 3.47. The van der Waals surface area contributed by atoms with Crippen molar-refractivity contribution < 1.29 is 4.79 Å². The lowest BCUT2D eigenvalue weighted by Crippen LogP contribution is -2.26. The number of carbonyl (C=O) groups is 1. The molecule has 0 aliphatic rings. The van der Waals surface area contributed by atoms with Crippen LogP contribution >= 0.6 is 11.3 Å². The monoisotopic (exact) mass is 264 g/mol. The van der Waals surface area contributed by atoms with Gasteiger partial charge in [0.1, 0.15) is 4.88 Å². The number of amides is 1. The molecule has 0 aliphatic carbocycles. The molecule has 0 aliphatic heterocycles. The van der Waals surface area contributed by atoms with E-state index < -0.39 is 0 Å². The Morgan fingerprint density at radius 1 is 1.50 bits per heavy atom. The van der Waals surface area contributed by atoms with Gasteiger partial charge in [-0.15, -0.1) is 11.3 Å². The first-order valence-corrected chi connectivity index (χ1v) is 6.58. The van der Waals surface area contributed by atoms with Gasteiger partial charge in [0.2, 0.25) is 0 Å². The van der Waals surface area contributed by atoms with Gasteiger partial charge in [-0.25, -0.2) is 0 Å². The van der Waals surface area contributed by atoms with E-state index in [0.29, 0.717) is 4.88 Å². The van der Waals surface area contributed by atoms with Crippen molar-refractivity contribution in [2.24, 2.45) is 7.05 Å². The molecule has 96 valence electrons. The predicted molar refractivity (Wildman–Crippen MR) is 70.7 cm³/mol. The number of aromatic nitrogens is 3. The molecule has 18 heavy (non-hydrogen) atoms. The maximum Gasteiger partial charge on any atom is 0.263 e. The molecule has 5 nitrogen and oxygen atoms in total. The molecule has 0 saturated carbocycles. The van der Waals surface area contributed by atoms with Crippen molar-refractivity contribution in [3.05, 3.63) is 33.5 Å². The van der Waals surface area contributed by atoms with E-state index in [1.54, 1.807) is 11.7 Å². The average molecular weight is 264 g/mol. The summed E-state index contributed by atoms with van der Waals surface area (Å²) in [5.74, 6) is -0.0901. The molecule has 1 atom stereocenters. The lowest BCUT2D eigenvalue weighted by Gasteiger charge is -2.14. The van der Waals surface area contributed by atoms with Crippen molar-refractivity contribution in [3.8, 4) is 0 Å².